The fourth-order valence-electron chi connectivity index (χ4n) is 3.16. The zero-order valence-electron chi connectivity index (χ0n) is 15.4. The second-order valence-electron chi connectivity index (χ2n) is 6.66. The number of phenolic OH excluding ortho intramolecular Hbond substituents is 1. The molecule has 142 valence electrons. The monoisotopic (exact) mass is 368 g/mol. The molecule has 1 unspecified atom stereocenters. The van der Waals surface area contributed by atoms with Crippen molar-refractivity contribution in [3.63, 3.8) is 0 Å². The number of ether oxygens (including phenoxy) is 1. The van der Waals surface area contributed by atoms with Crippen LogP contribution >= 0.6 is 0 Å². The highest BCUT2D eigenvalue weighted by atomic mass is 16.5. The molecule has 0 aliphatic carbocycles. The second kappa shape index (κ2) is 8.24. The van der Waals surface area contributed by atoms with Gasteiger partial charge in [-0.05, 0) is 48.7 Å². The Morgan fingerprint density at radius 1 is 1.11 bits per heavy atom. The quantitative estimate of drug-likeness (QED) is 0.514. The lowest BCUT2D eigenvalue weighted by Gasteiger charge is -2.19. The molecule has 0 radical (unpaired) electrons. The van der Waals surface area contributed by atoms with Gasteiger partial charge in [0.2, 0.25) is 5.56 Å². The minimum atomic E-state index is -0.766. The number of aromatic hydroxyl groups is 1. The van der Waals surface area contributed by atoms with Gasteiger partial charge in [-0.2, -0.15) is 0 Å². The number of benzene rings is 2. The molecule has 0 aliphatic rings. The van der Waals surface area contributed by atoms with Crippen molar-refractivity contribution >= 4 is 10.9 Å². The highest BCUT2D eigenvalue weighted by Gasteiger charge is 2.15. The average molecular weight is 368 g/mol. The van der Waals surface area contributed by atoms with Gasteiger partial charge in [-0.25, -0.2) is 0 Å². The number of aliphatic hydroxyl groups excluding tert-OH is 1. The molecular weight excluding hydrogens is 344 g/mol. The lowest BCUT2D eigenvalue weighted by atomic mass is 10.0. The van der Waals surface area contributed by atoms with Crippen LogP contribution in [0, 0.1) is 0 Å². The van der Waals surface area contributed by atoms with Gasteiger partial charge in [-0.3, -0.25) is 4.79 Å². The molecule has 4 N–H and O–H groups in total. The highest BCUT2D eigenvalue weighted by molar-refractivity contribution is 5.87. The van der Waals surface area contributed by atoms with E-state index >= 15 is 0 Å². The van der Waals surface area contributed by atoms with E-state index in [1.165, 1.54) is 17.7 Å². The molecule has 0 saturated heterocycles. The molecule has 6 heteroatoms. The van der Waals surface area contributed by atoms with E-state index in [0.717, 1.165) is 12.2 Å². The van der Waals surface area contributed by atoms with Gasteiger partial charge < -0.3 is 25.3 Å². The maximum absolute atomic E-state index is 11.5. The Hall–Kier alpha value is -2.83. The van der Waals surface area contributed by atoms with Crippen molar-refractivity contribution in [2.75, 3.05) is 13.7 Å². The largest absolute Gasteiger partial charge is 0.506 e. The number of aromatic nitrogens is 1. The topological polar surface area (TPSA) is 94.6 Å². The Bertz CT molecular complexity index is 966. The molecular formula is C21H24N2O4. The summed E-state index contributed by atoms with van der Waals surface area (Å²) in [5.74, 6) is 0.812. The highest BCUT2D eigenvalue weighted by Crippen LogP contribution is 2.28. The lowest BCUT2D eigenvalue weighted by molar-refractivity contribution is 0.172. The smallest absolute Gasteiger partial charge is 0.248 e. The van der Waals surface area contributed by atoms with Crippen molar-refractivity contribution in [2.45, 2.75) is 25.5 Å². The summed E-state index contributed by atoms with van der Waals surface area (Å²) in [6.07, 6.45) is 0.0534. The third-order valence-corrected chi connectivity index (χ3v) is 4.63. The van der Waals surface area contributed by atoms with Crippen molar-refractivity contribution in [2.24, 2.45) is 0 Å². The van der Waals surface area contributed by atoms with E-state index in [2.05, 4.69) is 17.2 Å². The van der Waals surface area contributed by atoms with Crippen LogP contribution < -0.4 is 15.6 Å². The van der Waals surface area contributed by atoms with Gasteiger partial charge in [-0.15, -0.1) is 0 Å². The van der Waals surface area contributed by atoms with E-state index in [1.54, 1.807) is 19.2 Å². The summed E-state index contributed by atoms with van der Waals surface area (Å²) >= 11 is 0. The van der Waals surface area contributed by atoms with Gasteiger partial charge in [0, 0.05) is 24.0 Å². The number of phenols is 1. The predicted octanol–water partition coefficient (Wildman–Crippen LogP) is 2.50. The number of fused-ring (bicyclic) bond motifs is 1. The van der Waals surface area contributed by atoms with Gasteiger partial charge in [0.1, 0.15) is 11.5 Å². The van der Waals surface area contributed by atoms with Crippen molar-refractivity contribution in [1.29, 1.82) is 0 Å². The molecule has 0 bridgehead atoms. The van der Waals surface area contributed by atoms with Gasteiger partial charge in [0.05, 0.1) is 18.7 Å². The Morgan fingerprint density at radius 3 is 2.56 bits per heavy atom. The van der Waals surface area contributed by atoms with Crippen LogP contribution in [-0.2, 0) is 6.42 Å². The summed E-state index contributed by atoms with van der Waals surface area (Å²) in [6.45, 7) is 2.42. The van der Waals surface area contributed by atoms with Gasteiger partial charge in [0.25, 0.3) is 0 Å². The summed E-state index contributed by atoms with van der Waals surface area (Å²) in [6, 6.07) is 14.2. The number of hydrogen-bond acceptors (Lipinski definition) is 5. The van der Waals surface area contributed by atoms with E-state index in [9.17, 15) is 15.0 Å². The Morgan fingerprint density at radius 2 is 1.85 bits per heavy atom. The third-order valence-electron chi connectivity index (χ3n) is 4.63. The van der Waals surface area contributed by atoms with E-state index < -0.39 is 6.10 Å². The first-order valence-corrected chi connectivity index (χ1v) is 8.87. The van der Waals surface area contributed by atoms with Gasteiger partial charge in [-0.1, -0.05) is 18.2 Å². The van der Waals surface area contributed by atoms with Crippen molar-refractivity contribution < 1.29 is 14.9 Å². The molecule has 27 heavy (non-hydrogen) atoms. The van der Waals surface area contributed by atoms with Crippen LogP contribution in [0.4, 0.5) is 0 Å². The Kier molecular flexibility index (Phi) is 5.78. The van der Waals surface area contributed by atoms with Crippen LogP contribution in [-0.4, -0.2) is 34.9 Å². The number of pyridine rings is 1. The Labute approximate surface area is 157 Å². The number of aliphatic hydroxyl groups is 1. The number of nitrogens with one attached hydrogen (secondary N) is 2. The maximum atomic E-state index is 11.5. The number of aromatic amines is 1. The van der Waals surface area contributed by atoms with Crippen molar-refractivity contribution in [3.8, 4) is 11.5 Å². The molecule has 6 nitrogen and oxygen atoms in total. The maximum Gasteiger partial charge on any atom is 0.248 e. The first-order valence-electron chi connectivity index (χ1n) is 8.87. The van der Waals surface area contributed by atoms with Gasteiger partial charge >= 0.3 is 0 Å². The third kappa shape index (κ3) is 4.48. The first-order chi connectivity index (χ1) is 13.0. The molecule has 0 saturated carbocycles. The zero-order valence-corrected chi connectivity index (χ0v) is 15.4. The lowest BCUT2D eigenvalue weighted by Crippen LogP contribution is -2.32. The minimum Gasteiger partial charge on any atom is -0.506 e. The van der Waals surface area contributed by atoms with Crippen LogP contribution in [0.2, 0.25) is 0 Å². The average Bonchev–Trinajstić information content (AvgIpc) is 2.67. The molecule has 3 aromatic rings. The van der Waals surface area contributed by atoms with Gasteiger partial charge in [0.15, 0.2) is 0 Å². The molecule has 0 spiro atoms. The number of H-pyrrole nitrogens is 1. The van der Waals surface area contributed by atoms with Crippen molar-refractivity contribution in [1.82, 2.24) is 10.3 Å². The summed E-state index contributed by atoms with van der Waals surface area (Å²) < 4.78 is 5.16. The first kappa shape index (κ1) is 18.9. The summed E-state index contributed by atoms with van der Waals surface area (Å²) in [5.41, 5.74) is 1.88. The van der Waals surface area contributed by atoms with Crippen LogP contribution in [0.25, 0.3) is 10.9 Å². The summed E-state index contributed by atoms with van der Waals surface area (Å²) in [4.78, 5) is 14.1. The number of methoxy groups -OCH3 is 1. The van der Waals surface area contributed by atoms with Crippen LogP contribution in [0.3, 0.4) is 0 Å². The van der Waals surface area contributed by atoms with Crippen molar-refractivity contribution in [3.05, 3.63) is 70.0 Å². The van der Waals surface area contributed by atoms with Crippen LogP contribution in [0.5, 0.6) is 11.5 Å². The summed E-state index contributed by atoms with van der Waals surface area (Å²) in [5, 5.41) is 24.5. The normalized spacial score (nSPS) is 13.4. The van der Waals surface area contributed by atoms with E-state index in [4.69, 9.17) is 4.74 Å². The molecule has 1 aromatic heterocycles. The summed E-state index contributed by atoms with van der Waals surface area (Å²) in [7, 11) is 1.64. The SMILES string of the molecule is COc1ccc(CC(C)NC[C@H](O)c2ccc(O)c3[nH]c(=O)ccc23)cc1. The predicted molar refractivity (Wildman–Crippen MR) is 105 cm³/mol. The number of hydrogen-bond donors (Lipinski definition) is 4. The minimum absolute atomic E-state index is 0.0144. The Balaban J connectivity index is 1.66. The standard InChI is InChI=1S/C21H24N2O4/c1-13(11-14-3-5-15(27-2)6-4-14)22-12-19(25)16-7-9-18(24)21-17(16)8-10-20(26)23-21/h3-10,13,19,22,24-25H,11-12H2,1-2H3,(H,23,26)/t13?,19-/m0/s1. The molecule has 0 aliphatic heterocycles. The van der Waals surface area contributed by atoms with Crippen LogP contribution in [0.15, 0.2) is 53.3 Å². The fourth-order valence-corrected chi connectivity index (χ4v) is 3.16. The second-order valence-corrected chi connectivity index (χ2v) is 6.66. The molecule has 3 rings (SSSR count). The van der Waals surface area contributed by atoms with Crippen LogP contribution in [0.1, 0.15) is 24.2 Å². The molecule has 2 atom stereocenters. The fraction of sp³-hybridized carbons (Fsp3) is 0.286. The van der Waals surface area contributed by atoms with E-state index in [1.807, 2.05) is 24.3 Å². The molecule has 1 heterocycles. The van der Waals surface area contributed by atoms with E-state index in [-0.39, 0.29) is 17.4 Å². The molecule has 2 aromatic carbocycles. The number of rotatable bonds is 7. The molecule has 0 fully saturated rings. The van der Waals surface area contributed by atoms with E-state index in [0.29, 0.717) is 23.0 Å². The zero-order chi connectivity index (χ0) is 19.4. The molecule has 0 amide bonds.